The number of thiazole rings is 1. The Morgan fingerprint density at radius 1 is 1.53 bits per heavy atom. The quantitative estimate of drug-likeness (QED) is 0.850. The van der Waals surface area contributed by atoms with Gasteiger partial charge in [0.15, 0.2) is 0 Å². The first-order valence-corrected chi connectivity index (χ1v) is 6.42. The van der Waals surface area contributed by atoms with Gasteiger partial charge >= 0.3 is 0 Å². The molecule has 84 valence electrons. The largest absolute Gasteiger partial charge is 0.381 e. The Morgan fingerprint density at radius 2 is 2.33 bits per heavy atom. The molecule has 1 saturated heterocycles. The second-order valence-corrected chi connectivity index (χ2v) is 4.97. The van der Waals surface area contributed by atoms with Crippen LogP contribution in [0.5, 0.6) is 0 Å². The molecule has 1 aliphatic heterocycles. The van der Waals surface area contributed by atoms with Crippen molar-refractivity contribution in [2.24, 2.45) is 5.92 Å². The molecule has 1 fully saturated rings. The van der Waals surface area contributed by atoms with Gasteiger partial charge in [0, 0.05) is 31.6 Å². The summed E-state index contributed by atoms with van der Waals surface area (Å²) in [4.78, 5) is 4.61. The third-order valence-corrected chi connectivity index (χ3v) is 3.68. The van der Waals surface area contributed by atoms with E-state index in [1.54, 1.807) is 11.3 Å². The van der Waals surface area contributed by atoms with Crippen LogP contribution >= 0.6 is 11.3 Å². The highest BCUT2D eigenvalue weighted by molar-refractivity contribution is 7.09. The SMILES string of the molecule is CNCc1csc(CC2CCOCC2)n1. The molecule has 2 rings (SSSR count). The van der Waals surface area contributed by atoms with Crippen molar-refractivity contribution in [3.05, 3.63) is 16.1 Å². The molecule has 1 aromatic rings. The molecular formula is C11H18N2OS. The summed E-state index contributed by atoms with van der Waals surface area (Å²) in [6.07, 6.45) is 3.53. The normalized spacial score (nSPS) is 18.2. The number of hydrogen-bond donors (Lipinski definition) is 1. The third kappa shape index (κ3) is 3.26. The predicted octanol–water partition coefficient (Wildman–Crippen LogP) is 1.83. The number of ether oxygens (including phenoxy) is 1. The Kier molecular flexibility index (Phi) is 4.11. The van der Waals surface area contributed by atoms with E-state index < -0.39 is 0 Å². The zero-order valence-corrected chi connectivity index (χ0v) is 9.98. The van der Waals surface area contributed by atoms with E-state index in [-0.39, 0.29) is 0 Å². The average Bonchev–Trinajstić information content (AvgIpc) is 2.68. The maximum Gasteiger partial charge on any atom is 0.0931 e. The zero-order chi connectivity index (χ0) is 10.5. The molecule has 4 heteroatoms. The van der Waals surface area contributed by atoms with Crippen molar-refractivity contribution in [3.8, 4) is 0 Å². The van der Waals surface area contributed by atoms with Gasteiger partial charge in [-0.05, 0) is 25.8 Å². The van der Waals surface area contributed by atoms with Gasteiger partial charge < -0.3 is 10.1 Å². The molecule has 1 aromatic heterocycles. The molecule has 0 bridgehead atoms. The molecule has 3 nitrogen and oxygen atoms in total. The molecule has 0 aromatic carbocycles. The van der Waals surface area contributed by atoms with Crippen LogP contribution in [0.1, 0.15) is 23.5 Å². The molecule has 15 heavy (non-hydrogen) atoms. The highest BCUT2D eigenvalue weighted by Crippen LogP contribution is 2.21. The maximum absolute atomic E-state index is 5.35. The lowest BCUT2D eigenvalue weighted by atomic mass is 9.97. The summed E-state index contributed by atoms with van der Waals surface area (Å²) in [5.74, 6) is 0.785. The van der Waals surface area contributed by atoms with Crippen LogP contribution in [0.15, 0.2) is 5.38 Å². The topological polar surface area (TPSA) is 34.1 Å². The van der Waals surface area contributed by atoms with E-state index in [0.29, 0.717) is 0 Å². The first kappa shape index (κ1) is 11.0. The molecular weight excluding hydrogens is 208 g/mol. The molecule has 0 radical (unpaired) electrons. The van der Waals surface area contributed by atoms with Crippen LogP contribution in [0.4, 0.5) is 0 Å². The Labute approximate surface area is 94.9 Å². The fourth-order valence-corrected chi connectivity index (χ4v) is 2.81. The second kappa shape index (κ2) is 5.58. The zero-order valence-electron chi connectivity index (χ0n) is 9.16. The summed E-state index contributed by atoms with van der Waals surface area (Å²) < 4.78 is 5.35. The summed E-state index contributed by atoms with van der Waals surface area (Å²) in [6.45, 7) is 2.74. The lowest BCUT2D eigenvalue weighted by molar-refractivity contribution is 0.0665. The van der Waals surface area contributed by atoms with E-state index in [1.165, 1.54) is 23.5 Å². The summed E-state index contributed by atoms with van der Waals surface area (Å²) in [7, 11) is 1.96. The number of rotatable bonds is 4. The van der Waals surface area contributed by atoms with E-state index in [0.717, 1.165) is 32.1 Å². The molecule has 0 atom stereocenters. The number of hydrogen-bond acceptors (Lipinski definition) is 4. The minimum atomic E-state index is 0.785. The van der Waals surface area contributed by atoms with Crippen LogP contribution in [-0.4, -0.2) is 25.2 Å². The maximum atomic E-state index is 5.35. The van der Waals surface area contributed by atoms with Crippen molar-refractivity contribution >= 4 is 11.3 Å². The molecule has 0 aliphatic carbocycles. The van der Waals surface area contributed by atoms with Crippen LogP contribution < -0.4 is 5.32 Å². The van der Waals surface area contributed by atoms with Crippen LogP contribution in [-0.2, 0) is 17.7 Å². The first-order valence-electron chi connectivity index (χ1n) is 5.54. The lowest BCUT2D eigenvalue weighted by Crippen LogP contribution is -2.17. The van der Waals surface area contributed by atoms with Crippen LogP contribution in [0.3, 0.4) is 0 Å². The molecule has 1 aliphatic rings. The molecule has 2 heterocycles. The number of nitrogens with zero attached hydrogens (tertiary/aromatic N) is 1. The molecule has 1 N–H and O–H groups in total. The van der Waals surface area contributed by atoms with Gasteiger partial charge in [-0.2, -0.15) is 0 Å². The highest BCUT2D eigenvalue weighted by atomic mass is 32.1. The van der Waals surface area contributed by atoms with E-state index in [2.05, 4.69) is 15.7 Å². The smallest absolute Gasteiger partial charge is 0.0931 e. The molecule has 0 unspecified atom stereocenters. The van der Waals surface area contributed by atoms with E-state index in [4.69, 9.17) is 4.74 Å². The van der Waals surface area contributed by atoms with Gasteiger partial charge in [0.2, 0.25) is 0 Å². The Morgan fingerprint density at radius 3 is 3.07 bits per heavy atom. The van der Waals surface area contributed by atoms with Crippen LogP contribution in [0, 0.1) is 5.92 Å². The lowest BCUT2D eigenvalue weighted by Gasteiger charge is -2.20. The third-order valence-electron chi connectivity index (χ3n) is 2.76. The van der Waals surface area contributed by atoms with Crippen molar-refractivity contribution in [1.82, 2.24) is 10.3 Å². The van der Waals surface area contributed by atoms with Gasteiger partial charge in [-0.1, -0.05) is 0 Å². The average molecular weight is 226 g/mol. The van der Waals surface area contributed by atoms with E-state index in [9.17, 15) is 0 Å². The van der Waals surface area contributed by atoms with E-state index in [1.807, 2.05) is 7.05 Å². The van der Waals surface area contributed by atoms with Crippen molar-refractivity contribution in [2.75, 3.05) is 20.3 Å². The highest BCUT2D eigenvalue weighted by Gasteiger charge is 2.15. The van der Waals surface area contributed by atoms with Gasteiger partial charge in [0.05, 0.1) is 10.7 Å². The van der Waals surface area contributed by atoms with Gasteiger partial charge in [0.1, 0.15) is 0 Å². The van der Waals surface area contributed by atoms with E-state index >= 15 is 0 Å². The van der Waals surface area contributed by atoms with Crippen molar-refractivity contribution in [2.45, 2.75) is 25.8 Å². The predicted molar refractivity (Wildman–Crippen MR) is 62.1 cm³/mol. The fraction of sp³-hybridized carbons (Fsp3) is 0.727. The van der Waals surface area contributed by atoms with Gasteiger partial charge in [-0.15, -0.1) is 11.3 Å². The fourth-order valence-electron chi connectivity index (χ4n) is 1.90. The summed E-state index contributed by atoms with van der Waals surface area (Å²) >= 11 is 1.79. The standard InChI is InChI=1S/C11H18N2OS/c1-12-7-10-8-15-11(13-10)6-9-2-4-14-5-3-9/h8-9,12H,2-7H2,1H3. The van der Waals surface area contributed by atoms with Crippen molar-refractivity contribution < 1.29 is 4.74 Å². The summed E-state index contributed by atoms with van der Waals surface area (Å²) in [6, 6.07) is 0. The van der Waals surface area contributed by atoms with Crippen molar-refractivity contribution in [1.29, 1.82) is 0 Å². The van der Waals surface area contributed by atoms with Crippen LogP contribution in [0.2, 0.25) is 0 Å². The Hall–Kier alpha value is -0.450. The number of aromatic nitrogens is 1. The second-order valence-electron chi connectivity index (χ2n) is 4.02. The monoisotopic (exact) mass is 226 g/mol. The molecule has 0 amide bonds. The van der Waals surface area contributed by atoms with Crippen LogP contribution in [0.25, 0.3) is 0 Å². The summed E-state index contributed by atoms with van der Waals surface area (Å²) in [5, 5.41) is 6.57. The Bertz CT molecular complexity index is 295. The van der Waals surface area contributed by atoms with Crippen molar-refractivity contribution in [3.63, 3.8) is 0 Å². The Balaban J connectivity index is 1.86. The van der Waals surface area contributed by atoms with Gasteiger partial charge in [-0.3, -0.25) is 0 Å². The number of nitrogens with one attached hydrogen (secondary N) is 1. The first-order chi connectivity index (χ1) is 7.38. The van der Waals surface area contributed by atoms with Gasteiger partial charge in [-0.25, -0.2) is 4.98 Å². The summed E-state index contributed by atoms with van der Waals surface area (Å²) in [5.41, 5.74) is 1.17. The molecule has 0 spiro atoms. The minimum absolute atomic E-state index is 0.785. The minimum Gasteiger partial charge on any atom is -0.381 e. The van der Waals surface area contributed by atoms with Gasteiger partial charge in [0.25, 0.3) is 0 Å². The molecule has 0 saturated carbocycles.